The summed E-state index contributed by atoms with van der Waals surface area (Å²) in [7, 11) is 1.68. The van der Waals surface area contributed by atoms with Gasteiger partial charge in [0.1, 0.15) is 6.04 Å². The predicted octanol–water partition coefficient (Wildman–Crippen LogP) is 1.89. The molecule has 2 amide bonds. The molecule has 0 unspecified atom stereocenters. The number of amides is 2. The minimum atomic E-state index is -0.470. The summed E-state index contributed by atoms with van der Waals surface area (Å²) in [6.45, 7) is 2.70. The Labute approximate surface area is 130 Å². The number of rotatable bonds is 4. The number of carbonyl (C=O) groups excluding carboxylic acids is 2. The van der Waals surface area contributed by atoms with Crippen LogP contribution >= 0.6 is 0 Å². The molecule has 1 aromatic rings. The number of hydrogen-bond acceptors (Lipinski definition) is 4. The van der Waals surface area contributed by atoms with Crippen LogP contribution in [0.4, 0.5) is 0 Å². The molecule has 0 bridgehead atoms. The molecule has 0 radical (unpaired) electrons. The van der Waals surface area contributed by atoms with Gasteiger partial charge >= 0.3 is 0 Å². The number of nitriles is 1. The minimum absolute atomic E-state index is 0.110. The molecular weight excluding hydrogens is 282 g/mol. The van der Waals surface area contributed by atoms with Crippen LogP contribution in [0.5, 0.6) is 0 Å². The highest BCUT2D eigenvalue weighted by atomic mass is 16.3. The SMILES string of the molecule is C[C@@H](C#N)CN(C)C(=O)[C@@H]1CCCCN1C(=O)c1ccco1. The van der Waals surface area contributed by atoms with Crippen molar-refractivity contribution in [2.45, 2.75) is 32.2 Å². The van der Waals surface area contributed by atoms with Crippen LogP contribution in [0.25, 0.3) is 0 Å². The van der Waals surface area contributed by atoms with E-state index in [-0.39, 0.29) is 23.5 Å². The summed E-state index contributed by atoms with van der Waals surface area (Å²) in [4.78, 5) is 28.3. The molecule has 0 spiro atoms. The van der Waals surface area contributed by atoms with Crippen LogP contribution in [0.1, 0.15) is 36.7 Å². The van der Waals surface area contributed by atoms with Crippen molar-refractivity contribution >= 4 is 11.8 Å². The van der Waals surface area contributed by atoms with Crippen molar-refractivity contribution in [1.29, 1.82) is 5.26 Å². The van der Waals surface area contributed by atoms with Gasteiger partial charge in [0.05, 0.1) is 18.3 Å². The standard InChI is InChI=1S/C16H21N3O3/c1-12(10-17)11-18(2)15(20)13-6-3-4-8-19(13)16(21)14-7-5-9-22-14/h5,7,9,12-13H,3-4,6,8,11H2,1-2H3/t12-,13-/m0/s1. The molecule has 1 aliphatic heterocycles. The molecule has 0 aromatic carbocycles. The average Bonchev–Trinajstić information content (AvgIpc) is 3.07. The fourth-order valence-electron chi connectivity index (χ4n) is 2.77. The molecule has 0 aliphatic carbocycles. The van der Waals surface area contributed by atoms with Crippen molar-refractivity contribution in [3.05, 3.63) is 24.2 Å². The number of furan rings is 1. The predicted molar refractivity (Wildman–Crippen MR) is 79.8 cm³/mol. The van der Waals surface area contributed by atoms with E-state index in [1.807, 2.05) is 0 Å². The van der Waals surface area contributed by atoms with Crippen molar-refractivity contribution < 1.29 is 14.0 Å². The van der Waals surface area contributed by atoms with E-state index in [2.05, 4.69) is 6.07 Å². The summed E-state index contributed by atoms with van der Waals surface area (Å²) in [5.41, 5.74) is 0. The number of hydrogen-bond donors (Lipinski definition) is 0. The number of nitrogens with zero attached hydrogens (tertiary/aromatic N) is 3. The van der Waals surface area contributed by atoms with E-state index in [1.165, 1.54) is 6.26 Å². The summed E-state index contributed by atoms with van der Waals surface area (Å²) in [5.74, 6) is -0.328. The zero-order chi connectivity index (χ0) is 16.1. The third-order valence-corrected chi connectivity index (χ3v) is 3.93. The normalized spacial score (nSPS) is 19.3. The summed E-state index contributed by atoms with van der Waals surface area (Å²) in [6, 6.07) is 4.92. The third kappa shape index (κ3) is 3.48. The van der Waals surface area contributed by atoms with Gasteiger partial charge in [0, 0.05) is 20.1 Å². The van der Waals surface area contributed by atoms with Crippen molar-refractivity contribution in [3.63, 3.8) is 0 Å². The van der Waals surface area contributed by atoms with Gasteiger partial charge in [-0.1, -0.05) is 0 Å². The van der Waals surface area contributed by atoms with Crippen LogP contribution in [-0.4, -0.2) is 47.8 Å². The lowest BCUT2D eigenvalue weighted by Gasteiger charge is -2.36. The van der Waals surface area contributed by atoms with Gasteiger partial charge in [-0.05, 0) is 38.3 Å². The summed E-state index contributed by atoms with van der Waals surface area (Å²) in [6.07, 6.45) is 3.90. The minimum Gasteiger partial charge on any atom is -0.459 e. The second-order valence-corrected chi connectivity index (χ2v) is 5.74. The maximum absolute atomic E-state index is 12.6. The quantitative estimate of drug-likeness (QED) is 0.851. The van der Waals surface area contributed by atoms with Crippen molar-refractivity contribution in [2.75, 3.05) is 20.1 Å². The first-order chi connectivity index (χ1) is 10.5. The van der Waals surface area contributed by atoms with Crippen LogP contribution in [0, 0.1) is 17.2 Å². The van der Waals surface area contributed by atoms with Gasteiger partial charge in [-0.15, -0.1) is 0 Å². The summed E-state index contributed by atoms with van der Waals surface area (Å²) in [5, 5.41) is 8.88. The molecule has 1 aliphatic rings. The first-order valence-electron chi connectivity index (χ1n) is 7.53. The highest BCUT2D eigenvalue weighted by Crippen LogP contribution is 2.21. The summed E-state index contributed by atoms with van der Waals surface area (Å²) >= 11 is 0. The van der Waals surface area contributed by atoms with Crippen molar-refractivity contribution in [3.8, 4) is 6.07 Å². The topological polar surface area (TPSA) is 77.5 Å². The Bertz CT molecular complexity index is 562. The van der Waals surface area contributed by atoms with E-state index in [1.54, 1.807) is 35.9 Å². The third-order valence-electron chi connectivity index (χ3n) is 3.93. The van der Waals surface area contributed by atoms with Crippen molar-refractivity contribution in [2.24, 2.45) is 5.92 Å². The van der Waals surface area contributed by atoms with Gasteiger partial charge in [0.2, 0.25) is 5.91 Å². The van der Waals surface area contributed by atoms with E-state index in [0.717, 1.165) is 12.8 Å². The van der Waals surface area contributed by atoms with Gasteiger partial charge in [0.15, 0.2) is 5.76 Å². The van der Waals surface area contributed by atoms with E-state index in [9.17, 15) is 9.59 Å². The van der Waals surface area contributed by atoms with E-state index < -0.39 is 6.04 Å². The lowest BCUT2D eigenvalue weighted by Crippen LogP contribution is -2.52. The molecule has 1 saturated heterocycles. The lowest BCUT2D eigenvalue weighted by atomic mass is 10.00. The molecule has 2 rings (SSSR count). The first-order valence-corrected chi connectivity index (χ1v) is 7.53. The molecule has 0 N–H and O–H groups in total. The second-order valence-electron chi connectivity index (χ2n) is 5.74. The molecule has 2 atom stereocenters. The van der Waals surface area contributed by atoms with Crippen LogP contribution in [0.3, 0.4) is 0 Å². The van der Waals surface area contributed by atoms with Crippen molar-refractivity contribution in [1.82, 2.24) is 9.80 Å². The van der Waals surface area contributed by atoms with Gasteiger partial charge < -0.3 is 14.2 Å². The Morgan fingerprint density at radius 1 is 1.55 bits per heavy atom. The lowest BCUT2D eigenvalue weighted by molar-refractivity contribution is -0.136. The van der Waals surface area contributed by atoms with E-state index in [4.69, 9.17) is 9.68 Å². The summed E-state index contributed by atoms with van der Waals surface area (Å²) < 4.78 is 5.16. The number of likely N-dealkylation sites (N-methyl/N-ethyl adjacent to an activating group) is 1. The Morgan fingerprint density at radius 2 is 2.32 bits per heavy atom. The van der Waals surface area contributed by atoms with Gasteiger partial charge in [-0.3, -0.25) is 9.59 Å². The number of likely N-dealkylation sites (tertiary alicyclic amines) is 1. The maximum atomic E-state index is 12.6. The molecule has 118 valence electrons. The smallest absolute Gasteiger partial charge is 0.290 e. The molecule has 6 heteroatoms. The number of carbonyl (C=O) groups is 2. The highest BCUT2D eigenvalue weighted by Gasteiger charge is 2.35. The Balaban J connectivity index is 2.11. The fourth-order valence-corrected chi connectivity index (χ4v) is 2.77. The Morgan fingerprint density at radius 3 is 2.95 bits per heavy atom. The second kappa shape index (κ2) is 7.12. The van der Waals surface area contributed by atoms with Gasteiger partial charge in [-0.25, -0.2) is 0 Å². The average molecular weight is 303 g/mol. The van der Waals surface area contributed by atoms with Crippen LogP contribution in [0.2, 0.25) is 0 Å². The van der Waals surface area contributed by atoms with Crippen LogP contribution < -0.4 is 0 Å². The van der Waals surface area contributed by atoms with E-state index >= 15 is 0 Å². The Kier molecular flexibility index (Phi) is 5.21. The molecule has 1 fully saturated rings. The zero-order valence-electron chi connectivity index (χ0n) is 13.0. The van der Waals surface area contributed by atoms with Gasteiger partial charge in [0.25, 0.3) is 5.91 Å². The molecule has 22 heavy (non-hydrogen) atoms. The zero-order valence-corrected chi connectivity index (χ0v) is 13.0. The fraction of sp³-hybridized carbons (Fsp3) is 0.562. The highest BCUT2D eigenvalue weighted by molar-refractivity contribution is 5.95. The monoisotopic (exact) mass is 303 g/mol. The largest absolute Gasteiger partial charge is 0.459 e. The molecule has 1 aromatic heterocycles. The van der Waals surface area contributed by atoms with Crippen LogP contribution in [-0.2, 0) is 4.79 Å². The molecule has 0 saturated carbocycles. The molecular formula is C16H21N3O3. The maximum Gasteiger partial charge on any atom is 0.290 e. The van der Waals surface area contributed by atoms with Gasteiger partial charge in [-0.2, -0.15) is 5.26 Å². The first kappa shape index (κ1) is 16.1. The molecule has 6 nitrogen and oxygen atoms in total. The van der Waals surface area contributed by atoms with Crippen LogP contribution in [0.15, 0.2) is 22.8 Å². The Hall–Kier alpha value is -2.29. The molecule has 2 heterocycles. The number of piperidine rings is 1. The van der Waals surface area contributed by atoms with E-state index in [0.29, 0.717) is 19.5 Å².